The zero-order valence-electron chi connectivity index (χ0n) is 18.3. The Morgan fingerprint density at radius 3 is 2.37 bits per heavy atom. The van der Waals surface area contributed by atoms with Gasteiger partial charge >= 0.3 is 0 Å². The fourth-order valence-corrected chi connectivity index (χ4v) is 5.67. The number of hydrogen-bond donors (Lipinski definition) is 2. The normalized spacial score (nSPS) is 22.7. The van der Waals surface area contributed by atoms with Gasteiger partial charge in [0.2, 0.25) is 5.91 Å². The molecule has 1 amide bonds. The summed E-state index contributed by atoms with van der Waals surface area (Å²) in [4.78, 5) is 14.1. The molecule has 0 unspecified atom stereocenters. The maximum Gasteiger partial charge on any atom is 0.227 e. The number of rotatable bonds is 5. The van der Waals surface area contributed by atoms with Crippen molar-refractivity contribution in [2.45, 2.75) is 71.5 Å². The van der Waals surface area contributed by atoms with E-state index in [0.717, 1.165) is 43.1 Å². The van der Waals surface area contributed by atoms with Crippen LogP contribution in [0.4, 0.5) is 5.69 Å². The van der Waals surface area contributed by atoms with E-state index in [1.165, 1.54) is 48.4 Å². The van der Waals surface area contributed by atoms with Gasteiger partial charge in [-0.2, -0.15) is 0 Å². The van der Waals surface area contributed by atoms with Gasteiger partial charge in [-0.05, 0) is 51.0 Å². The van der Waals surface area contributed by atoms with Gasteiger partial charge in [-0.3, -0.25) is 9.36 Å². The summed E-state index contributed by atoms with van der Waals surface area (Å²) in [5.41, 5.74) is 3.53. The molecule has 1 saturated carbocycles. The number of aromatic nitrogens is 2. The van der Waals surface area contributed by atoms with Crippen LogP contribution >= 0.6 is 12.2 Å². The Hall–Kier alpha value is -1.92. The van der Waals surface area contributed by atoms with Gasteiger partial charge in [0.05, 0.1) is 13.1 Å². The molecular weight excluding hydrogens is 392 g/mol. The van der Waals surface area contributed by atoms with Crippen LogP contribution in [0.3, 0.4) is 0 Å². The molecule has 0 radical (unpaired) electrons. The summed E-state index contributed by atoms with van der Waals surface area (Å²) < 4.78 is 5.77. The number of para-hydroxylation sites is 1. The maximum atomic E-state index is 12.6. The van der Waals surface area contributed by atoms with Crippen molar-refractivity contribution < 1.29 is 9.69 Å². The molecular formula is C24H35N4OS+. The molecule has 0 atom stereocenters. The Morgan fingerprint density at radius 2 is 1.70 bits per heavy atom. The lowest BCUT2D eigenvalue weighted by molar-refractivity contribution is -0.928. The van der Waals surface area contributed by atoms with Crippen LogP contribution in [0.1, 0.15) is 62.4 Å². The molecule has 2 fully saturated rings. The Balaban J connectivity index is 1.37. The zero-order valence-corrected chi connectivity index (χ0v) is 19.1. The van der Waals surface area contributed by atoms with Gasteiger partial charge < -0.3 is 14.8 Å². The van der Waals surface area contributed by atoms with Gasteiger partial charge in [0.1, 0.15) is 0 Å². The van der Waals surface area contributed by atoms with Crippen LogP contribution in [0, 0.1) is 24.5 Å². The molecule has 1 aliphatic carbocycles. The molecule has 5 nitrogen and oxygen atoms in total. The molecule has 2 N–H and O–H groups in total. The molecule has 1 saturated heterocycles. The van der Waals surface area contributed by atoms with E-state index in [9.17, 15) is 4.79 Å². The van der Waals surface area contributed by atoms with Crippen molar-refractivity contribution in [2.24, 2.45) is 5.92 Å². The predicted octanol–water partition coefficient (Wildman–Crippen LogP) is 4.03. The smallest absolute Gasteiger partial charge is 0.227 e. The van der Waals surface area contributed by atoms with Crippen LogP contribution in [-0.2, 0) is 11.5 Å². The molecule has 6 heteroatoms. The first-order chi connectivity index (χ1) is 14.5. The number of piperidine rings is 1. The second-order valence-electron chi connectivity index (χ2n) is 9.08. The highest BCUT2D eigenvalue weighted by molar-refractivity contribution is 7.71. The largest absolute Gasteiger partial charge is 0.326 e. The first-order valence-electron chi connectivity index (χ1n) is 11.5. The molecule has 30 heavy (non-hydrogen) atoms. The molecule has 2 aromatic rings. The van der Waals surface area contributed by atoms with E-state index < -0.39 is 0 Å². The van der Waals surface area contributed by atoms with Crippen LogP contribution in [0.5, 0.6) is 0 Å². The Labute approximate surface area is 185 Å². The molecule has 0 spiro atoms. The van der Waals surface area contributed by atoms with Crippen LogP contribution in [0.25, 0.3) is 0 Å². The molecule has 162 valence electrons. The molecule has 1 aromatic carbocycles. The van der Waals surface area contributed by atoms with Gasteiger partial charge in [0.25, 0.3) is 0 Å². The van der Waals surface area contributed by atoms with E-state index in [1.54, 1.807) is 0 Å². The average molecular weight is 428 g/mol. The number of nitrogens with one attached hydrogen (secondary N) is 2. The van der Waals surface area contributed by atoms with Gasteiger partial charge in [0.15, 0.2) is 11.4 Å². The minimum Gasteiger partial charge on any atom is -0.326 e. The van der Waals surface area contributed by atoms with E-state index in [1.807, 2.05) is 30.3 Å². The molecule has 2 heterocycles. The number of benzene rings is 1. The van der Waals surface area contributed by atoms with E-state index in [2.05, 4.69) is 28.3 Å². The van der Waals surface area contributed by atoms with E-state index in [0.29, 0.717) is 6.04 Å². The molecule has 4 rings (SSSR count). The number of carbonyl (C=O) groups excluding carboxylic acids is 1. The van der Waals surface area contributed by atoms with Crippen molar-refractivity contribution in [3.8, 4) is 0 Å². The van der Waals surface area contributed by atoms with Crippen molar-refractivity contribution in [1.29, 1.82) is 0 Å². The number of amides is 1. The second-order valence-corrected chi connectivity index (χ2v) is 9.45. The fourth-order valence-electron chi connectivity index (χ4n) is 5.18. The van der Waals surface area contributed by atoms with Gasteiger partial charge in [-0.25, -0.2) is 0 Å². The number of nitrogens with zero attached hydrogens (tertiary/aromatic N) is 2. The summed E-state index contributed by atoms with van der Waals surface area (Å²) in [6, 6.07) is 10.3. The highest BCUT2D eigenvalue weighted by atomic mass is 32.1. The van der Waals surface area contributed by atoms with Crippen molar-refractivity contribution in [1.82, 2.24) is 9.13 Å². The first-order valence-corrected chi connectivity index (χ1v) is 11.9. The molecule has 2 aliphatic rings. The number of likely N-dealkylation sites (tertiary alicyclic amines) is 1. The zero-order chi connectivity index (χ0) is 21.1. The van der Waals surface area contributed by atoms with Crippen molar-refractivity contribution in [3.63, 3.8) is 0 Å². The number of imidazole rings is 1. The summed E-state index contributed by atoms with van der Waals surface area (Å²) in [5.74, 6) is 0.268. The summed E-state index contributed by atoms with van der Waals surface area (Å²) in [6.07, 6.45) is 8.38. The maximum absolute atomic E-state index is 12.6. The van der Waals surface area contributed by atoms with Gasteiger partial charge in [0, 0.05) is 41.9 Å². The van der Waals surface area contributed by atoms with Crippen molar-refractivity contribution >= 4 is 23.8 Å². The minimum atomic E-state index is 0.108. The third-order valence-corrected chi connectivity index (χ3v) is 7.57. The summed E-state index contributed by atoms with van der Waals surface area (Å²) in [5, 5.41) is 3.07. The number of anilines is 1. The SMILES string of the molecule is Cc1c(C)n(C2CCCCC2)c(=S)n1C[NH+]1CCC(C(=O)Nc2ccccc2)CC1. The van der Waals surface area contributed by atoms with Crippen LogP contribution in [0.15, 0.2) is 30.3 Å². The molecule has 0 bridgehead atoms. The standard InChI is InChI=1S/C24H34N4OS/c1-18-19(2)28(22-11-7-4-8-12-22)24(30)27(18)17-26-15-13-20(14-16-26)23(29)25-21-9-5-3-6-10-21/h3,5-6,9-10,20,22H,4,7-8,11-17H2,1-2H3,(H,25,29)/p+1. The van der Waals surface area contributed by atoms with Crippen molar-refractivity contribution in [3.05, 3.63) is 46.5 Å². The highest BCUT2D eigenvalue weighted by Gasteiger charge is 2.29. The Kier molecular flexibility index (Phi) is 6.74. The van der Waals surface area contributed by atoms with E-state index in [-0.39, 0.29) is 11.8 Å². The minimum absolute atomic E-state index is 0.108. The summed E-state index contributed by atoms with van der Waals surface area (Å²) in [7, 11) is 0. The van der Waals surface area contributed by atoms with Gasteiger partial charge in [-0.1, -0.05) is 37.5 Å². The highest BCUT2D eigenvalue weighted by Crippen LogP contribution is 2.31. The third kappa shape index (κ3) is 4.54. The molecule has 1 aliphatic heterocycles. The monoisotopic (exact) mass is 427 g/mol. The number of carbonyl (C=O) groups is 1. The summed E-state index contributed by atoms with van der Waals surface area (Å²) in [6.45, 7) is 7.39. The van der Waals surface area contributed by atoms with Crippen molar-refractivity contribution in [2.75, 3.05) is 18.4 Å². The van der Waals surface area contributed by atoms with Crippen LogP contribution < -0.4 is 10.2 Å². The predicted molar refractivity (Wildman–Crippen MR) is 123 cm³/mol. The quantitative estimate of drug-likeness (QED) is 0.708. The topological polar surface area (TPSA) is 43.4 Å². The van der Waals surface area contributed by atoms with E-state index >= 15 is 0 Å². The van der Waals surface area contributed by atoms with E-state index in [4.69, 9.17) is 12.2 Å². The number of quaternary nitrogens is 1. The molecule has 1 aromatic heterocycles. The first kappa shape index (κ1) is 21.3. The fraction of sp³-hybridized carbons (Fsp3) is 0.583. The van der Waals surface area contributed by atoms with Crippen LogP contribution in [0.2, 0.25) is 0 Å². The van der Waals surface area contributed by atoms with Crippen LogP contribution in [-0.4, -0.2) is 28.1 Å². The average Bonchev–Trinajstić information content (AvgIpc) is 2.98. The Morgan fingerprint density at radius 1 is 1.03 bits per heavy atom. The summed E-state index contributed by atoms with van der Waals surface area (Å²) >= 11 is 5.94. The van der Waals surface area contributed by atoms with Gasteiger partial charge in [-0.15, -0.1) is 0 Å². The Bertz CT molecular complexity index is 919. The second kappa shape index (κ2) is 9.48. The lowest BCUT2D eigenvalue weighted by Gasteiger charge is -2.29. The lowest BCUT2D eigenvalue weighted by atomic mass is 9.95. The number of hydrogen-bond acceptors (Lipinski definition) is 2. The lowest BCUT2D eigenvalue weighted by Crippen LogP contribution is -3.12. The third-order valence-electron chi connectivity index (χ3n) is 7.15.